The fourth-order valence-corrected chi connectivity index (χ4v) is 5.01. The SMILES string of the molecule is O=C(c1nnc2n1CCC2)N(CCCN1CCOCC1)c1nc2ccc(F)cc2s1. The lowest BCUT2D eigenvalue weighted by Gasteiger charge is -2.27. The molecule has 2 aliphatic heterocycles. The average molecular weight is 431 g/mol. The highest BCUT2D eigenvalue weighted by Crippen LogP contribution is 2.30. The zero-order valence-corrected chi connectivity index (χ0v) is 17.4. The number of ether oxygens (including phenoxy) is 1. The van der Waals surface area contributed by atoms with Crippen LogP contribution in [0.5, 0.6) is 0 Å². The summed E-state index contributed by atoms with van der Waals surface area (Å²) in [7, 11) is 0. The van der Waals surface area contributed by atoms with Crippen LogP contribution in [0.3, 0.4) is 0 Å². The van der Waals surface area contributed by atoms with Gasteiger partial charge in [0.2, 0.25) is 5.82 Å². The zero-order valence-electron chi connectivity index (χ0n) is 16.6. The van der Waals surface area contributed by atoms with E-state index in [1.807, 2.05) is 4.57 Å². The largest absolute Gasteiger partial charge is 0.379 e. The van der Waals surface area contributed by atoms with Crippen molar-refractivity contribution in [3.63, 3.8) is 0 Å². The predicted molar refractivity (Wildman–Crippen MR) is 111 cm³/mol. The van der Waals surface area contributed by atoms with Crippen LogP contribution in [0, 0.1) is 5.82 Å². The van der Waals surface area contributed by atoms with Gasteiger partial charge < -0.3 is 9.30 Å². The number of aryl methyl sites for hydroxylation is 1. The van der Waals surface area contributed by atoms with Gasteiger partial charge >= 0.3 is 0 Å². The summed E-state index contributed by atoms with van der Waals surface area (Å²) in [5.74, 6) is 0.715. The van der Waals surface area contributed by atoms with Crippen molar-refractivity contribution in [2.24, 2.45) is 0 Å². The van der Waals surface area contributed by atoms with E-state index in [0.717, 1.165) is 69.2 Å². The fourth-order valence-electron chi connectivity index (χ4n) is 3.99. The molecule has 0 spiro atoms. The molecule has 1 fully saturated rings. The Morgan fingerprint density at radius 1 is 1.23 bits per heavy atom. The highest BCUT2D eigenvalue weighted by molar-refractivity contribution is 7.22. The number of aromatic nitrogens is 4. The van der Waals surface area contributed by atoms with Gasteiger partial charge in [0.15, 0.2) is 5.13 Å². The molecule has 3 aromatic rings. The van der Waals surface area contributed by atoms with Gasteiger partial charge in [0.1, 0.15) is 11.6 Å². The maximum atomic E-state index is 13.6. The molecule has 0 aliphatic carbocycles. The number of morpholine rings is 1. The molecular formula is C20H23FN6O2S. The van der Waals surface area contributed by atoms with Crippen molar-refractivity contribution >= 4 is 32.6 Å². The van der Waals surface area contributed by atoms with Crippen molar-refractivity contribution in [2.75, 3.05) is 44.3 Å². The van der Waals surface area contributed by atoms with Crippen molar-refractivity contribution in [2.45, 2.75) is 25.8 Å². The molecule has 1 amide bonds. The molecule has 5 rings (SSSR count). The quantitative estimate of drug-likeness (QED) is 0.598. The number of hydrogen-bond donors (Lipinski definition) is 0. The van der Waals surface area contributed by atoms with Crippen molar-refractivity contribution in [1.29, 1.82) is 0 Å². The number of anilines is 1. The van der Waals surface area contributed by atoms with E-state index in [0.29, 0.717) is 23.0 Å². The van der Waals surface area contributed by atoms with E-state index in [1.165, 1.54) is 23.5 Å². The summed E-state index contributed by atoms with van der Waals surface area (Å²) in [6.07, 6.45) is 2.62. The lowest BCUT2D eigenvalue weighted by atomic mass is 10.3. The first-order valence-corrected chi connectivity index (χ1v) is 11.1. The van der Waals surface area contributed by atoms with Crippen LogP contribution < -0.4 is 4.90 Å². The number of thiazole rings is 1. The molecule has 0 saturated carbocycles. The van der Waals surface area contributed by atoms with Gasteiger partial charge in [0, 0.05) is 39.1 Å². The molecule has 1 saturated heterocycles. The minimum absolute atomic E-state index is 0.197. The van der Waals surface area contributed by atoms with E-state index in [9.17, 15) is 9.18 Å². The van der Waals surface area contributed by atoms with Crippen LogP contribution >= 0.6 is 11.3 Å². The molecule has 30 heavy (non-hydrogen) atoms. The molecule has 0 atom stereocenters. The second-order valence-corrected chi connectivity index (χ2v) is 8.58. The van der Waals surface area contributed by atoms with Crippen LogP contribution in [0.15, 0.2) is 18.2 Å². The molecule has 0 unspecified atom stereocenters. The summed E-state index contributed by atoms with van der Waals surface area (Å²) < 4.78 is 21.7. The maximum Gasteiger partial charge on any atom is 0.298 e. The summed E-state index contributed by atoms with van der Waals surface area (Å²) in [6.45, 7) is 5.47. The van der Waals surface area contributed by atoms with Crippen LogP contribution in [0.4, 0.5) is 9.52 Å². The van der Waals surface area contributed by atoms with Gasteiger partial charge in [-0.25, -0.2) is 9.37 Å². The lowest BCUT2D eigenvalue weighted by Crippen LogP contribution is -2.39. The number of amides is 1. The van der Waals surface area contributed by atoms with E-state index >= 15 is 0 Å². The Morgan fingerprint density at radius 2 is 2.10 bits per heavy atom. The van der Waals surface area contributed by atoms with Crippen molar-refractivity contribution in [3.05, 3.63) is 35.7 Å². The maximum absolute atomic E-state index is 13.6. The highest BCUT2D eigenvalue weighted by atomic mass is 32.1. The van der Waals surface area contributed by atoms with E-state index in [1.54, 1.807) is 11.0 Å². The van der Waals surface area contributed by atoms with Gasteiger partial charge in [-0.1, -0.05) is 11.3 Å². The molecule has 10 heteroatoms. The first-order chi connectivity index (χ1) is 14.7. The number of carbonyl (C=O) groups excluding carboxylic acids is 1. The predicted octanol–water partition coefficient (Wildman–Crippen LogP) is 2.34. The molecular weight excluding hydrogens is 407 g/mol. The zero-order chi connectivity index (χ0) is 20.5. The van der Waals surface area contributed by atoms with Gasteiger partial charge in [-0.05, 0) is 31.0 Å². The van der Waals surface area contributed by atoms with Crippen LogP contribution in [0.25, 0.3) is 10.2 Å². The number of hydrogen-bond acceptors (Lipinski definition) is 7. The molecule has 2 aromatic heterocycles. The average Bonchev–Trinajstić information content (AvgIpc) is 3.46. The van der Waals surface area contributed by atoms with E-state index in [2.05, 4.69) is 20.1 Å². The number of fused-ring (bicyclic) bond motifs is 2. The topological polar surface area (TPSA) is 76.4 Å². The third kappa shape index (κ3) is 3.82. The Kier molecular flexibility index (Phi) is 5.45. The van der Waals surface area contributed by atoms with Gasteiger partial charge in [-0.3, -0.25) is 14.6 Å². The number of rotatable bonds is 6. The Hall–Kier alpha value is -2.43. The van der Waals surface area contributed by atoms with E-state index in [4.69, 9.17) is 4.74 Å². The van der Waals surface area contributed by atoms with Crippen molar-refractivity contribution < 1.29 is 13.9 Å². The second-order valence-electron chi connectivity index (χ2n) is 7.57. The van der Waals surface area contributed by atoms with E-state index in [-0.39, 0.29) is 11.7 Å². The Labute approximate surface area is 177 Å². The summed E-state index contributed by atoms with van der Waals surface area (Å²) in [6, 6.07) is 4.50. The highest BCUT2D eigenvalue weighted by Gasteiger charge is 2.29. The molecule has 8 nitrogen and oxygen atoms in total. The minimum atomic E-state index is -0.307. The smallest absolute Gasteiger partial charge is 0.298 e. The van der Waals surface area contributed by atoms with Crippen molar-refractivity contribution in [1.82, 2.24) is 24.6 Å². The van der Waals surface area contributed by atoms with Gasteiger partial charge in [-0.15, -0.1) is 10.2 Å². The molecule has 0 N–H and O–H groups in total. The number of halogens is 1. The number of nitrogens with zero attached hydrogens (tertiary/aromatic N) is 6. The van der Waals surface area contributed by atoms with Gasteiger partial charge in [0.05, 0.1) is 23.4 Å². The van der Waals surface area contributed by atoms with Crippen LogP contribution in [0.1, 0.15) is 29.3 Å². The summed E-state index contributed by atoms with van der Waals surface area (Å²) >= 11 is 1.33. The number of benzene rings is 1. The second kappa shape index (κ2) is 8.37. The van der Waals surface area contributed by atoms with Gasteiger partial charge in [0.25, 0.3) is 5.91 Å². The van der Waals surface area contributed by atoms with Crippen LogP contribution in [-0.2, 0) is 17.7 Å². The van der Waals surface area contributed by atoms with Crippen LogP contribution in [-0.4, -0.2) is 69.9 Å². The third-order valence-corrected chi connectivity index (χ3v) is 6.62. The standard InChI is InChI=1S/C20H23FN6O2S/c21-14-4-5-15-16(13-14)30-20(22-15)27(8-2-6-25-9-11-29-12-10-25)19(28)18-24-23-17-3-1-7-26(17)18/h4-5,13H,1-3,6-12H2. The molecule has 2 aliphatic rings. The molecule has 158 valence electrons. The van der Waals surface area contributed by atoms with Gasteiger partial charge in [-0.2, -0.15) is 0 Å². The molecule has 0 bridgehead atoms. The minimum Gasteiger partial charge on any atom is -0.379 e. The Balaban J connectivity index is 1.40. The monoisotopic (exact) mass is 430 g/mol. The molecule has 4 heterocycles. The molecule has 1 aromatic carbocycles. The van der Waals surface area contributed by atoms with Crippen LogP contribution in [0.2, 0.25) is 0 Å². The molecule has 0 radical (unpaired) electrons. The Morgan fingerprint density at radius 3 is 2.97 bits per heavy atom. The van der Waals surface area contributed by atoms with E-state index < -0.39 is 0 Å². The summed E-state index contributed by atoms with van der Waals surface area (Å²) in [4.78, 5) is 22.1. The number of carbonyl (C=O) groups is 1. The van der Waals surface area contributed by atoms with Crippen molar-refractivity contribution in [3.8, 4) is 0 Å². The fraction of sp³-hybridized carbons (Fsp3) is 0.500. The normalized spacial score (nSPS) is 16.8. The Bertz CT molecular complexity index is 1060. The third-order valence-electron chi connectivity index (χ3n) is 5.58. The first kappa shape index (κ1) is 19.5. The lowest BCUT2D eigenvalue weighted by molar-refractivity contribution is 0.0376. The first-order valence-electron chi connectivity index (χ1n) is 10.3. The summed E-state index contributed by atoms with van der Waals surface area (Å²) in [5, 5.41) is 8.91. The summed E-state index contributed by atoms with van der Waals surface area (Å²) in [5.41, 5.74) is 0.689.